The first-order chi connectivity index (χ1) is 7.72. The smallest absolute Gasteiger partial charge is 0.0860 e. The van der Waals surface area contributed by atoms with Gasteiger partial charge in [-0.25, -0.2) is 0 Å². The van der Waals surface area contributed by atoms with Crippen LogP contribution >= 0.6 is 0 Å². The summed E-state index contributed by atoms with van der Waals surface area (Å²) in [7, 11) is 1.69. The van der Waals surface area contributed by atoms with Crippen LogP contribution in [0.3, 0.4) is 0 Å². The topological polar surface area (TPSA) is 59.3 Å². The van der Waals surface area contributed by atoms with E-state index in [-0.39, 0.29) is 0 Å². The molecular formula is C11H21N3O2. The lowest BCUT2D eigenvalue weighted by atomic mass is 10.2. The van der Waals surface area contributed by atoms with Crippen molar-refractivity contribution in [2.75, 3.05) is 20.3 Å². The van der Waals surface area contributed by atoms with Gasteiger partial charge in [0.05, 0.1) is 12.6 Å². The summed E-state index contributed by atoms with van der Waals surface area (Å²) < 4.78 is 6.72. The summed E-state index contributed by atoms with van der Waals surface area (Å²) in [6.07, 6.45) is 4.09. The van der Waals surface area contributed by atoms with Crippen LogP contribution < -0.4 is 5.32 Å². The van der Waals surface area contributed by atoms with Crippen LogP contribution in [-0.2, 0) is 11.3 Å². The number of nitrogens with one attached hydrogen (secondary N) is 1. The molecule has 0 amide bonds. The van der Waals surface area contributed by atoms with Crippen LogP contribution in [0.1, 0.15) is 13.3 Å². The van der Waals surface area contributed by atoms with Crippen molar-refractivity contribution in [1.82, 2.24) is 15.1 Å². The third-order valence-corrected chi connectivity index (χ3v) is 2.41. The highest BCUT2D eigenvalue weighted by Crippen LogP contribution is 1.94. The lowest BCUT2D eigenvalue weighted by Crippen LogP contribution is -2.36. The number of rotatable bonds is 8. The van der Waals surface area contributed by atoms with E-state index in [2.05, 4.69) is 17.3 Å². The number of hydrogen-bond acceptors (Lipinski definition) is 4. The number of aromatic nitrogens is 2. The molecule has 0 aromatic carbocycles. The van der Waals surface area contributed by atoms with Gasteiger partial charge in [0.1, 0.15) is 0 Å². The highest BCUT2D eigenvalue weighted by atomic mass is 16.5. The van der Waals surface area contributed by atoms with Crippen molar-refractivity contribution < 1.29 is 9.84 Å². The Labute approximate surface area is 96.4 Å². The highest BCUT2D eigenvalue weighted by molar-refractivity contribution is 4.79. The fourth-order valence-electron chi connectivity index (χ4n) is 1.42. The molecule has 0 saturated heterocycles. The zero-order valence-corrected chi connectivity index (χ0v) is 9.97. The number of nitrogens with zero attached hydrogens (tertiary/aromatic N) is 2. The van der Waals surface area contributed by atoms with Crippen molar-refractivity contribution in [3.05, 3.63) is 18.5 Å². The van der Waals surface area contributed by atoms with Gasteiger partial charge >= 0.3 is 0 Å². The largest absolute Gasteiger partial charge is 0.390 e. The van der Waals surface area contributed by atoms with Gasteiger partial charge in [-0.1, -0.05) is 0 Å². The van der Waals surface area contributed by atoms with E-state index in [1.165, 1.54) is 0 Å². The molecule has 0 radical (unpaired) electrons. The van der Waals surface area contributed by atoms with E-state index < -0.39 is 6.10 Å². The minimum atomic E-state index is -0.412. The minimum absolute atomic E-state index is 0.354. The molecule has 2 atom stereocenters. The average Bonchev–Trinajstić information content (AvgIpc) is 2.76. The molecule has 0 aliphatic heterocycles. The first-order valence-electron chi connectivity index (χ1n) is 5.60. The number of aliphatic hydroxyl groups excluding tert-OH is 1. The average molecular weight is 227 g/mol. The molecule has 0 saturated carbocycles. The Morgan fingerprint density at radius 3 is 3.00 bits per heavy atom. The zero-order valence-electron chi connectivity index (χ0n) is 9.97. The molecule has 5 nitrogen and oxygen atoms in total. The fourth-order valence-corrected chi connectivity index (χ4v) is 1.42. The van der Waals surface area contributed by atoms with Gasteiger partial charge in [0.15, 0.2) is 0 Å². The lowest BCUT2D eigenvalue weighted by Gasteiger charge is -2.16. The quantitative estimate of drug-likeness (QED) is 0.669. The Morgan fingerprint density at radius 1 is 1.56 bits per heavy atom. The molecule has 16 heavy (non-hydrogen) atoms. The second-order valence-corrected chi connectivity index (χ2v) is 3.97. The van der Waals surface area contributed by atoms with Gasteiger partial charge in [0.25, 0.3) is 0 Å². The first-order valence-corrected chi connectivity index (χ1v) is 5.60. The van der Waals surface area contributed by atoms with Crippen molar-refractivity contribution in [3.8, 4) is 0 Å². The minimum Gasteiger partial charge on any atom is -0.390 e. The van der Waals surface area contributed by atoms with Crippen LogP contribution in [0.25, 0.3) is 0 Å². The molecule has 92 valence electrons. The van der Waals surface area contributed by atoms with Crippen LogP contribution in [-0.4, -0.2) is 47.3 Å². The van der Waals surface area contributed by atoms with Crippen molar-refractivity contribution >= 4 is 0 Å². The maximum absolute atomic E-state index is 9.74. The second-order valence-electron chi connectivity index (χ2n) is 3.97. The van der Waals surface area contributed by atoms with Gasteiger partial charge in [-0.3, -0.25) is 4.68 Å². The summed E-state index contributed by atoms with van der Waals surface area (Å²) in [6, 6.07) is 2.20. The Hall–Kier alpha value is -0.910. The molecule has 0 fully saturated rings. The van der Waals surface area contributed by atoms with Crippen molar-refractivity contribution in [2.45, 2.75) is 32.0 Å². The maximum atomic E-state index is 9.74. The first kappa shape index (κ1) is 13.2. The third kappa shape index (κ3) is 5.25. The molecule has 1 rings (SSSR count). The van der Waals surface area contributed by atoms with E-state index in [9.17, 15) is 5.11 Å². The molecular weight excluding hydrogens is 206 g/mol. The summed E-state index contributed by atoms with van der Waals surface area (Å²) in [5.74, 6) is 0. The molecule has 1 aromatic rings. The van der Waals surface area contributed by atoms with Crippen molar-refractivity contribution in [1.29, 1.82) is 0 Å². The molecule has 0 spiro atoms. The van der Waals surface area contributed by atoms with E-state index >= 15 is 0 Å². The van der Waals surface area contributed by atoms with E-state index in [0.29, 0.717) is 19.1 Å². The molecule has 1 aromatic heterocycles. The fraction of sp³-hybridized carbons (Fsp3) is 0.727. The van der Waals surface area contributed by atoms with E-state index in [1.807, 2.05) is 12.3 Å². The highest BCUT2D eigenvalue weighted by Gasteiger charge is 2.07. The van der Waals surface area contributed by atoms with Crippen molar-refractivity contribution in [3.63, 3.8) is 0 Å². The Kier molecular flexibility index (Phi) is 6.07. The third-order valence-electron chi connectivity index (χ3n) is 2.41. The molecule has 0 aliphatic rings. The lowest BCUT2D eigenvalue weighted by molar-refractivity contribution is 0.138. The molecule has 1 heterocycles. The van der Waals surface area contributed by atoms with Gasteiger partial charge in [0, 0.05) is 38.7 Å². The summed E-state index contributed by atoms with van der Waals surface area (Å²) in [5, 5.41) is 17.0. The zero-order chi connectivity index (χ0) is 11.8. The Bertz CT molecular complexity index is 264. The normalized spacial score (nSPS) is 14.9. The molecule has 0 bridgehead atoms. The number of hydrogen-bond donors (Lipinski definition) is 2. The number of aliphatic hydroxyl groups is 1. The van der Waals surface area contributed by atoms with Crippen LogP contribution in [0, 0.1) is 0 Å². The van der Waals surface area contributed by atoms with Crippen LogP contribution in [0.15, 0.2) is 18.5 Å². The van der Waals surface area contributed by atoms with E-state index in [1.54, 1.807) is 18.0 Å². The predicted molar refractivity (Wildman–Crippen MR) is 62.2 cm³/mol. The summed E-state index contributed by atoms with van der Waals surface area (Å²) in [6.45, 7) is 3.92. The molecule has 2 unspecified atom stereocenters. The predicted octanol–water partition coefficient (Wildman–Crippen LogP) is 0.259. The summed E-state index contributed by atoms with van der Waals surface area (Å²) in [4.78, 5) is 0. The van der Waals surface area contributed by atoms with E-state index in [0.717, 1.165) is 13.0 Å². The molecule has 2 N–H and O–H groups in total. The number of ether oxygens (including phenoxy) is 1. The summed E-state index contributed by atoms with van der Waals surface area (Å²) >= 11 is 0. The van der Waals surface area contributed by atoms with Gasteiger partial charge in [-0.15, -0.1) is 0 Å². The van der Waals surface area contributed by atoms with Crippen LogP contribution in [0.4, 0.5) is 0 Å². The van der Waals surface area contributed by atoms with Gasteiger partial charge < -0.3 is 15.2 Å². The van der Waals surface area contributed by atoms with Crippen molar-refractivity contribution in [2.24, 2.45) is 0 Å². The second kappa shape index (κ2) is 7.38. The van der Waals surface area contributed by atoms with Crippen LogP contribution in [0.2, 0.25) is 0 Å². The monoisotopic (exact) mass is 227 g/mol. The standard InChI is InChI=1S/C11H21N3O2/c1-10(4-7-16-2)12-8-11(15)9-14-6-3-5-13-14/h3,5-6,10-12,15H,4,7-9H2,1-2H3. The Morgan fingerprint density at radius 2 is 2.38 bits per heavy atom. The number of methoxy groups -OCH3 is 1. The van der Waals surface area contributed by atoms with Gasteiger partial charge in [-0.2, -0.15) is 5.10 Å². The molecule has 0 aliphatic carbocycles. The summed E-state index contributed by atoms with van der Waals surface area (Å²) in [5.41, 5.74) is 0. The van der Waals surface area contributed by atoms with Gasteiger partial charge in [0.2, 0.25) is 0 Å². The molecule has 5 heteroatoms. The van der Waals surface area contributed by atoms with Gasteiger partial charge in [-0.05, 0) is 19.4 Å². The van der Waals surface area contributed by atoms with E-state index in [4.69, 9.17) is 4.74 Å². The Balaban J connectivity index is 2.12. The van der Waals surface area contributed by atoms with Crippen LogP contribution in [0.5, 0.6) is 0 Å². The maximum Gasteiger partial charge on any atom is 0.0860 e. The SMILES string of the molecule is COCCC(C)NCC(O)Cn1cccn1.